The smallest absolute Gasteiger partial charge is 0.389 e. The van der Waals surface area contributed by atoms with Crippen molar-refractivity contribution in [2.45, 2.75) is 0 Å². The van der Waals surface area contributed by atoms with Crippen molar-refractivity contribution in [2.75, 3.05) is 0 Å². The van der Waals surface area contributed by atoms with Crippen LogP contribution >= 0.6 is 0 Å². The van der Waals surface area contributed by atoms with Crippen molar-refractivity contribution in [3.63, 3.8) is 0 Å². The predicted molar refractivity (Wildman–Crippen MR) is 196 cm³/mol. The Morgan fingerprint density at radius 1 is 0.347 bits per heavy atom. The van der Waals surface area contributed by atoms with Gasteiger partial charge >= 0.3 is 15.7 Å². The average Bonchev–Trinajstić information content (AvgIpc) is 3.83. The van der Waals surface area contributed by atoms with E-state index in [0.29, 0.717) is 23.3 Å². The highest BCUT2D eigenvalue weighted by Gasteiger charge is 2.30. The van der Waals surface area contributed by atoms with Gasteiger partial charge in [-0.25, -0.2) is 30.0 Å². The molecule has 4 aliphatic heterocycles. The zero-order valence-corrected chi connectivity index (χ0v) is 26.9. The van der Waals surface area contributed by atoms with Gasteiger partial charge in [-0.3, -0.25) is 0 Å². The summed E-state index contributed by atoms with van der Waals surface area (Å²) in [5.74, 6) is 4.26. The first-order valence-corrected chi connectivity index (χ1v) is 17.2. The molecule has 12 rings (SSSR count). The summed E-state index contributed by atoms with van der Waals surface area (Å²) >= 11 is -0.707. The van der Waals surface area contributed by atoms with Gasteiger partial charge in [-0.05, 0) is 45.8 Å². The van der Waals surface area contributed by atoms with E-state index in [2.05, 4.69) is 116 Å². The largest absolute Gasteiger partial charge is 0.568 e. The Morgan fingerprint density at radius 3 is 1.29 bits per heavy atom. The van der Waals surface area contributed by atoms with Crippen LogP contribution < -0.4 is 11.0 Å². The van der Waals surface area contributed by atoms with Crippen LogP contribution in [0.4, 0.5) is 11.6 Å². The highest BCUT2D eigenvalue weighted by Crippen LogP contribution is 2.40. The van der Waals surface area contributed by atoms with Crippen LogP contribution in [0.5, 0.6) is 0 Å². The minimum Gasteiger partial charge on any atom is -0.389 e. The molecule has 0 aliphatic carbocycles. The number of benzene rings is 6. The second-order valence-electron chi connectivity index (χ2n) is 12.7. The number of aromatic nitrogens is 2. The maximum atomic E-state index is 5.46. The van der Waals surface area contributed by atoms with E-state index < -0.39 is 15.7 Å². The molecule has 0 N–H and O–H groups in total. The topological polar surface area (TPSA) is 84.0 Å². The third-order valence-corrected chi connectivity index (χ3v) is 11.4. The Kier molecular flexibility index (Phi) is 4.84. The van der Waals surface area contributed by atoms with Gasteiger partial charge in [0.05, 0.1) is 0 Å². The molecule has 8 aromatic rings. The summed E-state index contributed by atoms with van der Waals surface area (Å²) in [6.45, 7) is 0. The summed E-state index contributed by atoms with van der Waals surface area (Å²) < 4.78 is 4.55. The van der Waals surface area contributed by atoms with Gasteiger partial charge in [0, 0.05) is 43.8 Å². The number of aliphatic imine (C=N–C) groups is 4. The summed E-state index contributed by atoms with van der Waals surface area (Å²) in [6.07, 6.45) is 0. The molecule has 4 aliphatic rings. The van der Waals surface area contributed by atoms with Gasteiger partial charge < -0.3 is 7.10 Å². The van der Waals surface area contributed by atoms with Crippen molar-refractivity contribution in [1.82, 2.24) is 7.10 Å². The Hall–Kier alpha value is -6.27. The van der Waals surface area contributed by atoms with E-state index in [1.54, 1.807) is 0 Å². The van der Waals surface area contributed by atoms with E-state index in [-0.39, 0.29) is 0 Å². The van der Waals surface area contributed by atoms with Crippen LogP contribution in [0.15, 0.2) is 151 Å². The Labute approximate surface area is 284 Å². The van der Waals surface area contributed by atoms with E-state index in [4.69, 9.17) is 30.0 Å². The average molecular weight is 640 g/mol. The molecule has 0 fully saturated rings. The second-order valence-corrected chi connectivity index (χ2v) is 14.0. The standard InChI is InChI=1S/C40H20N8.Al/c1-3-11-23-19-31-29(17-21(23)9-1)37-44-35-27-15-7-5-13-25(27)33(42-35)41-34-26-14-6-8-16-28(26)36(43-34)45-38-30-18-22-10-2-4-12-24(22)20-32(30)40(47-38)48-39(31)46-37;/h1-20H;/q-2;+2. The predicted octanol–water partition coefficient (Wildman–Crippen LogP) is 6.78. The molecule has 0 unspecified atom stereocenters. The number of nitrogens with zero attached hydrogens (tertiary/aromatic N) is 8. The maximum Gasteiger partial charge on any atom is 0.568 e. The third-order valence-electron chi connectivity index (χ3n) is 9.97. The summed E-state index contributed by atoms with van der Waals surface area (Å²) in [7, 11) is 0. The zero-order chi connectivity index (χ0) is 31.8. The lowest BCUT2D eigenvalue weighted by Gasteiger charge is -2.11. The SMILES string of the molecule is c1ccc2c(c1)C1=NC2=Nc2c3ccccc3c3[n]2[Al][n]2c(c4cc5ccccc5cc4c2=NC2=NC(=N3)c3cc4ccccc4cc32)=N1. The molecule has 223 valence electrons. The lowest BCUT2D eigenvalue weighted by molar-refractivity contribution is 0.992. The number of rotatable bonds is 0. The second kappa shape index (κ2) is 9.20. The van der Waals surface area contributed by atoms with Gasteiger partial charge in [-0.1, -0.05) is 97.1 Å². The molecule has 0 saturated carbocycles. The molecule has 1 radical (unpaired) electrons. The fraction of sp³-hybridized carbons (Fsp3) is 0. The number of hydrogen-bond donors (Lipinski definition) is 0. The van der Waals surface area contributed by atoms with Crippen molar-refractivity contribution in [3.05, 3.63) is 155 Å². The molecule has 2 aromatic heterocycles. The summed E-state index contributed by atoms with van der Waals surface area (Å²) in [5, 5.41) is 8.64. The molecular weight excluding hydrogens is 619 g/mol. The normalized spacial score (nSPS) is 15.1. The Balaban J connectivity index is 1.33. The van der Waals surface area contributed by atoms with Crippen molar-refractivity contribution >= 4 is 93.7 Å². The molecular formula is C40H20AlN8. The van der Waals surface area contributed by atoms with Crippen LogP contribution in [-0.2, 0) is 0 Å². The van der Waals surface area contributed by atoms with Crippen LogP contribution in [0, 0.1) is 0 Å². The van der Waals surface area contributed by atoms with E-state index in [0.717, 1.165) is 88.0 Å². The van der Waals surface area contributed by atoms with E-state index in [1.807, 2.05) is 12.1 Å². The highest BCUT2D eigenvalue weighted by atomic mass is 27.1. The molecule has 0 saturated heterocycles. The molecule has 8 nitrogen and oxygen atoms in total. The fourth-order valence-corrected chi connectivity index (χ4v) is 9.12. The third kappa shape index (κ3) is 3.47. The van der Waals surface area contributed by atoms with Gasteiger partial charge in [-0.15, -0.1) is 0 Å². The number of hydrogen-bond acceptors (Lipinski definition) is 6. The molecule has 0 amide bonds. The Morgan fingerprint density at radius 2 is 0.755 bits per heavy atom. The van der Waals surface area contributed by atoms with E-state index in [9.17, 15) is 0 Å². The molecule has 6 heterocycles. The quantitative estimate of drug-likeness (QED) is 0.164. The van der Waals surface area contributed by atoms with Crippen LogP contribution in [0.3, 0.4) is 0 Å². The summed E-state index contributed by atoms with van der Waals surface area (Å²) in [5.41, 5.74) is 5.52. The molecule has 6 aromatic carbocycles. The summed E-state index contributed by atoms with van der Waals surface area (Å²) in [4.78, 5) is 31.9. The van der Waals surface area contributed by atoms with Crippen molar-refractivity contribution in [2.24, 2.45) is 30.0 Å². The maximum absolute atomic E-state index is 5.46. The molecule has 0 atom stereocenters. The highest BCUT2D eigenvalue weighted by molar-refractivity contribution is 6.37. The molecule has 49 heavy (non-hydrogen) atoms. The van der Waals surface area contributed by atoms with Crippen LogP contribution in [0.1, 0.15) is 22.3 Å². The summed E-state index contributed by atoms with van der Waals surface area (Å²) in [6, 6.07) is 42.4. The Bertz CT molecular complexity index is 3140. The van der Waals surface area contributed by atoms with E-state index >= 15 is 0 Å². The van der Waals surface area contributed by atoms with Crippen LogP contribution in [0.25, 0.3) is 43.1 Å². The van der Waals surface area contributed by atoms with Gasteiger partial charge in [0.25, 0.3) is 0 Å². The first kappa shape index (κ1) is 25.8. The van der Waals surface area contributed by atoms with Crippen LogP contribution in [0.2, 0.25) is 0 Å². The van der Waals surface area contributed by atoms with Gasteiger partial charge in [0.15, 0.2) is 23.3 Å². The minimum atomic E-state index is -0.707. The number of amidine groups is 4. The monoisotopic (exact) mass is 639 g/mol. The first-order valence-electron chi connectivity index (χ1n) is 16.2. The van der Waals surface area contributed by atoms with Gasteiger partial charge in [0.2, 0.25) is 0 Å². The fourth-order valence-electron chi connectivity index (χ4n) is 7.66. The first-order chi connectivity index (χ1) is 24.2. The van der Waals surface area contributed by atoms with Crippen molar-refractivity contribution < 1.29 is 0 Å². The van der Waals surface area contributed by atoms with Crippen LogP contribution in [-0.4, -0.2) is 46.1 Å². The lowest BCUT2D eigenvalue weighted by Crippen LogP contribution is -2.36. The lowest BCUT2D eigenvalue weighted by atomic mass is 10.0. The molecule has 9 heteroatoms. The van der Waals surface area contributed by atoms with Gasteiger partial charge in [0.1, 0.15) is 22.6 Å². The molecule has 6 bridgehead atoms. The number of fused-ring (bicyclic) bond motifs is 16. The van der Waals surface area contributed by atoms with E-state index in [1.165, 1.54) is 0 Å². The zero-order valence-electron chi connectivity index (χ0n) is 25.7. The van der Waals surface area contributed by atoms with Crippen molar-refractivity contribution in [3.8, 4) is 0 Å². The van der Waals surface area contributed by atoms with Gasteiger partial charge in [-0.2, -0.15) is 0 Å². The minimum absolute atomic E-state index is 0.653. The van der Waals surface area contributed by atoms with Crippen molar-refractivity contribution in [1.29, 1.82) is 0 Å². The molecule has 0 spiro atoms.